The molecule has 0 radical (unpaired) electrons. The van der Waals surface area contributed by atoms with E-state index in [1.807, 2.05) is 11.0 Å². The molecule has 1 amide bonds. The maximum Gasteiger partial charge on any atom is 0.255 e. The molecule has 1 aliphatic carbocycles. The van der Waals surface area contributed by atoms with Crippen molar-refractivity contribution >= 4 is 11.6 Å². The first-order valence-electron chi connectivity index (χ1n) is 10.2. The second kappa shape index (κ2) is 8.36. The zero-order valence-electron chi connectivity index (χ0n) is 16.5. The van der Waals surface area contributed by atoms with Crippen molar-refractivity contribution in [1.29, 1.82) is 5.26 Å². The van der Waals surface area contributed by atoms with Gasteiger partial charge in [0.2, 0.25) is 0 Å². The van der Waals surface area contributed by atoms with Gasteiger partial charge in [-0.3, -0.25) is 4.79 Å². The zero-order chi connectivity index (χ0) is 21.3. The van der Waals surface area contributed by atoms with Gasteiger partial charge in [0.05, 0.1) is 11.3 Å². The summed E-state index contributed by atoms with van der Waals surface area (Å²) in [6, 6.07) is 5.08. The van der Waals surface area contributed by atoms with Crippen LogP contribution in [0.15, 0.2) is 24.4 Å². The molecular formula is C22H23F2N5O. The second-order valence-electron chi connectivity index (χ2n) is 7.96. The molecule has 1 aromatic carbocycles. The number of nitrogens with zero attached hydrogens (tertiary/aromatic N) is 3. The molecule has 1 atom stereocenters. The van der Waals surface area contributed by atoms with E-state index < -0.39 is 11.6 Å². The van der Waals surface area contributed by atoms with E-state index in [9.17, 15) is 18.8 Å². The van der Waals surface area contributed by atoms with E-state index in [1.54, 1.807) is 0 Å². The second-order valence-corrected chi connectivity index (χ2v) is 7.96. The van der Waals surface area contributed by atoms with Gasteiger partial charge in [-0.15, -0.1) is 0 Å². The third kappa shape index (κ3) is 3.98. The highest BCUT2D eigenvalue weighted by Gasteiger charge is 2.30. The van der Waals surface area contributed by atoms with E-state index in [2.05, 4.69) is 10.3 Å². The molecule has 2 heterocycles. The third-order valence-electron chi connectivity index (χ3n) is 5.78. The summed E-state index contributed by atoms with van der Waals surface area (Å²) in [5.41, 5.74) is 7.26. The molecule has 2 fully saturated rings. The summed E-state index contributed by atoms with van der Waals surface area (Å²) in [4.78, 5) is 19.2. The van der Waals surface area contributed by atoms with Crippen LogP contribution in [0.3, 0.4) is 0 Å². The molecule has 6 nitrogen and oxygen atoms in total. The van der Waals surface area contributed by atoms with Crippen molar-refractivity contribution in [3.63, 3.8) is 0 Å². The molecule has 2 aliphatic rings. The predicted octanol–water partition coefficient (Wildman–Crippen LogP) is 3.11. The highest BCUT2D eigenvalue weighted by Crippen LogP contribution is 2.38. The molecule has 1 saturated carbocycles. The minimum atomic E-state index is -0.765. The Labute approximate surface area is 173 Å². The van der Waals surface area contributed by atoms with Crippen molar-refractivity contribution in [2.24, 2.45) is 5.73 Å². The lowest BCUT2D eigenvalue weighted by molar-refractivity contribution is 0.0938. The Kier molecular flexibility index (Phi) is 5.64. The van der Waals surface area contributed by atoms with Crippen LogP contribution in [0.2, 0.25) is 0 Å². The van der Waals surface area contributed by atoms with Gasteiger partial charge in [0.1, 0.15) is 23.4 Å². The molecule has 0 unspecified atom stereocenters. The van der Waals surface area contributed by atoms with E-state index in [1.165, 1.54) is 6.20 Å². The van der Waals surface area contributed by atoms with Crippen LogP contribution in [0.1, 0.15) is 48.2 Å². The number of anilines is 1. The van der Waals surface area contributed by atoms with Gasteiger partial charge in [-0.2, -0.15) is 5.26 Å². The van der Waals surface area contributed by atoms with Crippen molar-refractivity contribution in [2.45, 2.75) is 44.2 Å². The first-order chi connectivity index (χ1) is 14.5. The minimum absolute atomic E-state index is 0.00730. The topological polar surface area (TPSA) is 95.0 Å². The smallest absolute Gasteiger partial charge is 0.255 e. The van der Waals surface area contributed by atoms with Crippen LogP contribution in [0.25, 0.3) is 11.1 Å². The number of hydrogen-bond donors (Lipinski definition) is 2. The quantitative estimate of drug-likeness (QED) is 0.806. The first kappa shape index (κ1) is 20.2. The Morgan fingerprint density at radius 3 is 2.50 bits per heavy atom. The largest absolute Gasteiger partial charge is 0.369 e. The zero-order valence-corrected chi connectivity index (χ0v) is 16.5. The normalized spacial score (nSPS) is 19.1. The summed E-state index contributed by atoms with van der Waals surface area (Å²) in [5, 5.41) is 12.7. The molecule has 30 heavy (non-hydrogen) atoms. The lowest BCUT2D eigenvalue weighted by atomic mass is 9.97. The van der Waals surface area contributed by atoms with E-state index >= 15 is 0 Å². The van der Waals surface area contributed by atoms with Crippen LogP contribution < -0.4 is 16.0 Å². The standard InChI is InChI=1S/C22H23F2N5O/c23-14-7-13(8-15(24)9-14)20-19(10-25)27-11-18(21(20)29-6-5-16(26)12-29)22(30)28-17-3-1-2-4-17/h7-9,11,16-17H,1-6,12,26H2,(H,28,30)/t16-/m0/s1. The Hall–Kier alpha value is -3.05. The lowest BCUT2D eigenvalue weighted by Gasteiger charge is -2.26. The summed E-state index contributed by atoms with van der Waals surface area (Å²) in [6.45, 7) is 1.05. The Morgan fingerprint density at radius 1 is 1.20 bits per heavy atom. The monoisotopic (exact) mass is 411 g/mol. The molecule has 0 spiro atoms. The Balaban J connectivity index is 1.88. The number of benzene rings is 1. The van der Waals surface area contributed by atoms with Gasteiger partial charge in [0.15, 0.2) is 0 Å². The van der Waals surface area contributed by atoms with Crippen molar-refractivity contribution in [3.8, 4) is 17.2 Å². The lowest BCUT2D eigenvalue weighted by Crippen LogP contribution is -2.35. The molecule has 4 rings (SSSR count). The van der Waals surface area contributed by atoms with E-state index in [0.29, 0.717) is 25.2 Å². The van der Waals surface area contributed by atoms with Crippen molar-refractivity contribution < 1.29 is 13.6 Å². The fourth-order valence-corrected chi connectivity index (χ4v) is 4.38. The number of rotatable bonds is 4. The van der Waals surface area contributed by atoms with Crippen LogP contribution in [0, 0.1) is 23.0 Å². The average molecular weight is 411 g/mol. The van der Waals surface area contributed by atoms with Crippen molar-refractivity contribution in [3.05, 3.63) is 47.3 Å². The number of hydrogen-bond acceptors (Lipinski definition) is 5. The highest BCUT2D eigenvalue weighted by molar-refractivity contribution is 6.04. The first-order valence-corrected chi connectivity index (χ1v) is 10.2. The maximum absolute atomic E-state index is 14.0. The molecule has 1 aromatic heterocycles. The van der Waals surface area contributed by atoms with Crippen molar-refractivity contribution in [2.75, 3.05) is 18.0 Å². The molecule has 0 bridgehead atoms. The van der Waals surface area contributed by atoms with Crippen LogP contribution in [0.4, 0.5) is 14.5 Å². The van der Waals surface area contributed by atoms with Gasteiger partial charge in [-0.1, -0.05) is 12.8 Å². The fourth-order valence-electron chi connectivity index (χ4n) is 4.38. The predicted molar refractivity (Wildman–Crippen MR) is 109 cm³/mol. The molecule has 3 N–H and O–H groups in total. The molecule has 8 heteroatoms. The number of nitriles is 1. The number of halogens is 2. The fraction of sp³-hybridized carbons (Fsp3) is 0.409. The number of carbonyl (C=O) groups is 1. The van der Waals surface area contributed by atoms with Gasteiger partial charge in [-0.05, 0) is 37.0 Å². The molecule has 1 aliphatic heterocycles. The SMILES string of the molecule is N#Cc1ncc(C(=O)NC2CCCC2)c(N2CC[C@H](N)C2)c1-c1cc(F)cc(F)c1. The van der Waals surface area contributed by atoms with Gasteiger partial charge in [-0.25, -0.2) is 13.8 Å². The van der Waals surface area contributed by atoms with Gasteiger partial charge >= 0.3 is 0 Å². The van der Waals surface area contributed by atoms with Gasteiger partial charge in [0.25, 0.3) is 5.91 Å². The molecule has 156 valence electrons. The van der Waals surface area contributed by atoms with Crippen LogP contribution in [0.5, 0.6) is 0 Å². The van der Waals surface area contributed by atoms with Gasteiger partial charge < -0.3 is 16.0 Å². The number of pyridine rings is 1. The van der Waals surface area contributed by atoms with Crippen LogP contribution in [-0.2, 0) is 0 Å². The average Bonchev–Trinajstić information content (AvgIpc) is 3.37. The van der Waals surface area contributed by atoms with E-state index in [4.69, 9.17) is 5.73 Å². The van der Waals surface area contributed by atoms with E-state index in [-0.39, 0.29) is 40.4 Å². The third-order valence-corrected chi connectivity index (χ3v) is 5.78. The minimum Gasteiger partial charge on any atom is -0.369 e. The van der Waals surface area contributed by atoms with Crippen LogP contribution >= 0.6 is 0 Å². The highest BCUT2D eigenvalue weighted by atomic mass is 19.1. The summed E-state index contributed by atoms with van der Waals surface area (Å²) < 4.78 is 28.0. The molecular weight excluding hydrogens is 388 g/mol. The number of nitrogens with one attached hydrogen (secondary N) is 1. The molecule has 2 aromatic rings. The summed E-state index contributed by atoms with van der Waals surface area (Å²) in [7, 11) is 0. The van der Waals surface area contributed by atoms with Crippen LogP contribution in [-0.4, -0.2) is 36.1 Å². The number of amides is 1. The number of carbonyl (C=O) groups excluding carboxylic acids is 1. The maximum atomic E-state index is 14.0. The van der Waals surface area contributed by atoms with Gasteiger partial charge in [0, 0.05) is 43.0 Å². The summed E-state index contributed by atoms with van der Waals surface area (Å²) >= 11 is 0. The van der Waals surface area contributed by atoms with Crippen molar-refractivity contribution in [1.82, 2.24) is 10.3 Å². The Morgan fingerprint density at radius 2 is 1.90 bits per heavy atom. The van der Waals surface area contributed by atoms with E-state index in [0.717, 1.165) is 43.9 Å². The summed E-state index contributed by atoms with van der Waals surface area (Å²) in [5.74, 6) is -1.83. The number of nitrogens with two attached hydrogens (primary N) is 1. The molecule has 1 saturated heterocycles. The Bertz CT molecular complexity index is 993. The summed E-state index contributed by atoms with van der Waals surface area (Å²) in [6.07, 6.45) is 6.06. The number of aromatic nitrogens is 1.